The van der Waals surface area contributed by atoms with Crippen molar-refractivity contribution < 1.29 is 4.74 Å². The van der Waals surface area contributed by atoms with Gasteiger partial charge >= 0.3 is 0 Å². The van der Waals surface area contributed by atoms with Crippen molar-refractivity contribution in [1.29, 1.82) is 0 Å². The van der Waals surface area contributed by atoms with Crippen LogP contribution in [0.15, 0.2) is 70.9 Å². The Kier molecular flexibility index (Phi) is 3.41. The van der Waals surface area contributed by atoms with Crippen molar-refractivity contribution in [2.24, 2.45) is 15.6 Å². The van der Waals surface area contributed by atoms with E-state index < -0.39 is 11.3 Å². The molecule has 2 aromatic rings. The Morgan fingerprint density at radius 1 is 0.727 bits per heavy atom. The van der Waals surface area contributed by atoms with Crippen molar-refractivity contribution in [3.8, 4) is 0 Å². The van der Waals surface area contributed by atoms with E-state index in [0.29, 0.717) is 0 Å². The molecule has 1 aliphatic heterocycles. The Morgan fingerprint density at radius 3 is 1.73 bits per heavy atom. The molecular weight excluding hydrogens is 272 g/mol. The molecule has 0 unspecified atom stereocenters. The fourth-order valence-corrected chi connectivity index (χ4v) is 3.43. The van der Waals surface area contributed by atoms with Crippen molar-refractivity contribution in [2.75, 3.05) is 7.11 Å². The van der Waals surface area contributed by atoms with Gasteiger partial charge < -0.3 is 4.74 Å². The van der Waals surface area contributed by atoms with Crippen LogP contribution in [0.3, 0.4) is 0 Å². The van der Waals surface area contributed by atoms with Gasteiger partial charge in [-0.2, -0.15) is 10.2 Å². The minimum atomic E-state index is -0.779. The zero-order valence-electron chi connectivity index (χ0n) is 13.6. The van der Waals surface area contributed by atoms with E-state index in [4.69, 9.17) is 9.85 Å². The van der Waals surface area contributed by atoms with E-state index in [1.807, 2.05) is 36.4 Å². The largest absolute Gasteiger partial charge is 0.351 e. The number of hydrogen-bond acceptors (Lipinski definition) is 3. The molecule has 114 valence electrons. The Bertz CT molecular complexity index is 681. The molecule has 0 N–H and O–H groups in total. The summed E-state index contributed by atoms with van der Waals surface area (Å²) in [5.41, 5.74) is 0.626. The summed E-state index contributed by atoms with van der Waals surface area (Å²) in [7, 11) is 1.71. The van der Waals surface area contributed by atoms with Gasteiger partial charge in [-0.1, -0.05) is 74.5 Å². The van der Waals surface area contributed by atoms with Gasteiger partial charge in [0, 0.05) is 12.7 Å². The van der Waals surface area contributed by atoms with Gasteiger partial charge in [-0.25, -0.2) is 0 Å². The van der Waals surface area contributed by atoms with Gasteiger partial charge in [-0.15, -0.1) is 0 Å². The first kappa shape index (κ1) is 14.9. The van der Waals surface area contributed by atoms with Crippen molar-refractivity contribution in [3.63, 3.8) is 0 Å². The van der Waals surface area contributed by atoms with E-state index in [9.17, 15) is 0 Å². The second-order valence-electron chi connectivity index (χ2n) is 6.48. The van der Waals surface area contributed by atoms with Gasteiger partial charge in [0.1, 0.15) is 5.54 Å². The number of azo groups is 1. The topological polar surface area (TPSA) is 34.0 Å². The number of methoxy groups -OCH3 is 1. The molecule has 0 aliphatic carbocycles. The predicted molar refractivity (Wildman–Crippen MR) is 87.6 cm³/mol. The molecule has 0 spiro atoms. The van der Waals surface area contributed by atoms with Crippen LogP contribution in [0.4, 0.5) is 0 Å². The van der Waals surface area contributed by atoms with Crippen LogP contribution in [0.25, 0.3) is 0 Å². The highest BCUT2D eigenvalue weighted by Gasteiger charge is 2.63. The van der Waals surface area contributed by atoms with E-state index >= 15 is 0 Å². The number of rotatable bonds is 3. The molecule has 3 rings (SSSR count). The second-order valence-corrected chi connectivity index (χ2v) is 6.48. The lowest BCUT2D eigenvalue weighted by Crippen LogP contribution is -2.48. The minimum absolute atomic E-state index is 0.336. The maximum atomic E-state index is 5.96. The fourth-order valence-electron chi connectivity index (χ4n) is 3.43. The van der Waals surface area contributed by atoms with Crippen LogP contribution < -0.4 is 0 Å². The first-order valence-corrected chi connectivity index (χ1v) is 7.58. The molecule has 1 aliphatic rings. The third-order valence-corrected chi connectivity index (χ3v) is 5.25. The third kappa shape index (κ3) is 1.78. The summed E-state index contributed by atoms with van der Waals surface area (Å²) in [5.74, 6) is 0. The molecule has 0 amide bonds. The molecule has 3 nitrogen and oxygen atoms in total. The van der Waals surface area contributed by atoms with Crippen molar-refractivity contribution >= 4 is 0 Å². The van der Waals surface area contributed by atoms with Crippen LogP contribution in [0.2, 0.25) is 0 Å². The van der Waals surface area contributed by atoms with Gasteiger partial charge in [0.25, 0.3) is 0 Å². The highest BCUT2D eigenvalue weighted by Crippen LogP contribution is 2.60. The predicted octanol–water partition coefficient (Wildman–Crippen LogP) is 4.89. The SMILES string of the molecule is CO[C@@]1(c2ccccc2)N=N[C@](C)(c2ccccc2)C1(C)C. The fraction of sp³-hybridized carbons (Fsp3) is 0.368. The summed E-state index contributed by atoms with van der Waals surface area (Å²) in [6.07, 6.45) is 0. The summed E-state index contributed by atoms with van der Waals surface area (Å²) >= 11 is 0. The van der Waals surface area contributed by atoms with Gasteiger partial charge in [0.15, 0.2) is 0 Å². The number of benzene rings is 2. The number of ether oxygens (including phenoxy) is 1. The smallest absolute Gasteiger partial charge is 0.212 e. The lowest BCUT2D eigenvalue weighted by molar-refractivity contribution is -0.107. The maximum absolute atomic E-state index is 5.96. The van der Waals surface area contributed by atoms with Gasteiger partial charge in [-0.3, -0.25) is 0 Å². The third-order valence-electron chi connectivity index (χ3n) is 5.25. The molecular formula is C19H22N2O. The van der Waals surface area contributed by atoms with Crippen molar-refractivity contribution in [3.05, 3.63) is 71.8 Å². The van der Waals surface area contributed by atoms with Gasteiger partial charge in [0.2, 0.25) is 5.72 Å². The number of hydrogen-bond donors (Lipinski definition) is 0. The number of nitrogens with zero attached hydrogens (tertiary/aromatic N) is 2. The van der Waals surface area contributed by atoms with Crippen LogP contribution >= 0.6 is 0 Å². The average Bonchev–Trinajstić information content (AvgIpc) is 2.78. The highest BCUT2D eigenvalue weighted by molar-refractivity contribution is 5.35. The van der Waals surface area contributed by atoms with Crippen molar-refractivity contribution in [1.82, 2.24) is 0 Å². The van der Waals surface area contributed by atoms with Gasteiger partial charge in [0.05, 0.1) is 5.41 Å². The molecule has 0 fully saturated rings. The Labute approximate surface area is 132 Å². The second kappa shape index (κ2) is 5.03. The zero-order valence-corrected chi connectivity index (χ0v) is 13.6. The van der Waals surface area contributed by atoms with Crippen LogP contribution in [-0.2, 0) is 16.0 Å². The maximum Gasteiger partial charge on any atom is 0.212 e. The van der Waals surface area contributed by atoms with Crippen LogP contribution in [0.5, 0.6) is 0 Å². The molecule has 0 radical (unpaired) electrons. The first-order chi connectivity index (χ1) is 10.5. The molecule has 3 heteroatoms. The molecule has 0 saturated carbocycles. The average molecular weight is 294 g/mol. The van der Waals surface area contributed by atoms with E-state index in [0.717, 1.165) is 11.1 Å². The monoisotopic (exact) mass is 294 g/mol. The van der Waals surface area contributed by atoms with Crippen LogP contribution in [0.1, 0.15) is 31.9 Å². The summed E-state index contributed by atoms with van der Waals surface area (Å²) in [4.78, 5) is 0. The normalized spacial score (nSPS) is 29.6. The molecule has 0 bridgehead atoms. The molecule has 22 heavy (non-hydrogen) atoms. The summed E-state index contributed by atoms with van der Waals surface area (Å²) in [5, 5.41) is 9.33. The van der Waals surface area contributed by atoms with Crippen LogP contribution in [-0.4, -0.2) is 7.11 Å². The Hall–Kier alpha value is -2.00. The van der Waals surface area contributed by atoms with Crippen molar-refractivity contribution in [2.45, 2.75) is 32.0 Å². The molecule has 2 atom stereocenters. The quantitative estimate of drug-likeness (QED) is 0.793. The Morgan fingerprint density at radius 2 is 1.23 bits per heavy atom. The molecule has 1 heterocycles. The zero-order chi connectivity index (χ0) is 15.8. The highest BCUT2D eigenvalue weighted by atomic mass is 16.5. The van der Waals surface area contributed by atoms with Gasteiger partial charge in [-0.05, 0) is 12.5 Å². The summed E-state index contributed by atoms with van der Waals surface area (Å²) in [6.45, 7) is 6.49. The van der Waals surface area contributed by atoms with E-state index in [1.165, 1.54) is 0 Å². The summed E-state index contributed by atoms with van der Waals surface area (Å²) in [6, 6.07) is 20.5. The molecule has 0 aromatic heterocycles. The standard InChI is InChI=1S/C19H22N2O/c1-17(2)18(3,15-11-7-5-8-12-15)20-21-19(17,22-4)16-13-9-6-10-14-16/h5-14H,1-4H3/t18-,19-/m1/s1. The van der Waals surface area contributed by atoms with E-state index in [1.54, 1.807) is 7.11 Å². The minimum Gasteiger partial charge on any atom is -0.351 e. The van der Waals surface area contributed by atoms with E-state index in [2.05, 4.69) is 50.2 Å². The lowest BCUT2D eigenvalue weighted by Gasteiger charge is -2.44. The van der Waals surface area contributed by atoms with Crippen LogP contribution in [0, 0.1) is 5.41 Å². The first-order valence-electron chi connectivity index (χ1n) is 7.58. The lowest BCUT2D eigenvalue weighted by atomic mass is 9.63. The molecule has 0 saturated heterocycles. The molecule has 2 aromatic carbocycles. The Balaban J connectivity index is 2.17. The van der Waals surface area contributed by atoms with E-state index in [-0.39, 0.29) is 5.41 Å². The summed E-state index contributed by atoms with van der Waals surface area (Å²) < 4.78 is 5.96.